The average molecular weight is 200 g/mol. The van der Waals surface area contributed by atoms with E-state index in [0.29, 0.717) is 6.04 Å². The van der Waals surface area contributed by atoms with Crippen molar-refractivity contribution in [3.8, 4) is 0 Å². The van der Waals surface area contributed by atoms with Gasteiger partial charge in [0.25, 0.3) is 0 Å². The standard InChI is InChI=1S/C11H24N2O/c1-11(2,14-3)7-6-10(13-12)8-9-4-5-9/h9-10,13H,4-8,12H2,1-3H3. The minimum Gasteiger partial charge on any atom is -0.379 e. The van der Waals surface area contributed by atoms with Crippen LogP contribution in [0.1, 0.15) is 46.0 Å². The fourth-order valence-corrected chi connectivity index (χ4v) is 1.65. The van der Waals surface area contributed by atoms with E-state index in [2.05, 4.69) is 19.3 Å². The van der Waals surface area contributed by atoms with Crippen LogP contribution in [0.4, 0.5) is 0 Å². The summed E-state index contributed by atoms with van der Waals surface area (Å²) in [7, 11) is 1.77. The molecule has 0 heterocycles. The zero-order valence-corrected chi connectivity index (χ0v) is 9.68. The molecule has 1 rings (SSSR count). The van der Waals surface area contributed by atoms with E-state index in [1.807, 2.05) is 0 Å². The van der Waals surface area contributed by atoms with E-state index in [-0.39, 0.29) is 5.60 Å². The van der Waals surface area contributed by atoms with Gasteiger partial charge in [-0.05, 0) is 39.0 Å². The first-order valence-corrected chi connectivity index (χ1v) is 5.58. The van der Waals surface area contributed by atoms with Crippen LogP contribution in [0, 0.1) is 5.92 Å². The van der Waals surface area contributed by atoms with Gasteiger partial charge in [0.05, 0.1) is 5.60 Å². The van der Waals surface area contributed by atoms with Gasteiger partial charge >= 0.3 is 0 Å². The smallest absolute Gasteiger partial charge is 0.0623 e. The Balaban J connectivity index is 2.18. The molecule has 3 nitrogen and oxygen atoms in total. The van der Waals surface area contributed by atoms with Crippen molar-refractivity contribution in [2.45, 2.75) is 57.6 Å². The predicted molar refractivity (Wildman–Crippen MR) is 58.8 cm³/mol. The molecule has 1 unspecified atom stereocenters. The quantitative estimate of drug-likeness (QED) is 0.487. The molecule has 0 bridgehead atoms. The van der Waals surface area contributed by atoms with Crippen molar-refractivity contribution in [3.63, 3.8) is 0 Å². The average Bonchev–Trinajstić information content (AvgIpc) is 2.96. The molecule has 0 saturated heterocycles. The van der Waals surface area contributed by atoms with E-state index < -0.39 is 0 Å². The molecular weight excluding hydrogens is 176 g/mol. The Bertz CT molecular complexity index is 167. The summed E-state index contributed by atoms with van der Waals surface area (Å²) in [5.74, 6) is 6.46. The minimum atomic E-state index is -0.0152. The number of ether oxygens (including phenoxy) is 1. The number of nitrogens with one attached hydrogen (secondary N) is 1. The van der Waals surface area contributed by atoms with Crippen LogP contribution in [0.2, 0.25) is 0 Å². The Morgan fingerprint density at radius 1 is 1.50 bits per heavy atom. The third kappa shape index (κ3) is 4.40. The molecule has 0 spiro atoms. The molecule has 0 aliphatic heterocycles. The monoisotopic (exact) mass is 200 g/mol. The van der Waals surface area contributed by atoms with Crippen molar-refractivity contribution < 1.29 is 4.74 Å². The molecule has 1 atom stereocenters. The van der Waals surface area contributed by atoms with Crippen molar-refractivity contribution >= 4 is 0 Å². The lowest BCUT2D eigenvalue weighted by Crippen LogP contribution is -2.37. The van der Waals surface area contributed by atoms with Crippen LogP contribution >= 0.6 is 0 Å². The van der Waals surface area contributed by atoms with Gasteiger partial charge in [0.1, 0.15) is 0 Å². The van der Waals surface area contributed by atoms with E-state index >= 15 is 0 Å². The normalized spacial score (nSPS) is 19.7. The van der Waals surface area contributed by atoms with Gasteiger partial charge in [-0.3, -0.25) is 11.3 Å². The number of hydrogen-bond donors (Lipinski definition) is 2. The van der Waals surface area contributed by atoms with E-state index in [1.54, 1.807) is 7.11 Å². The van der Waals surface area contributed by atoms with Crippen LogP contribution in [-0.2, 0) is 4.74 Å². The first-order valence-electron chi connectivity index (χ1n) is 5.58. The van der Waals surface area contributed by atoms with Gasteiger partial charge in [-0.2, -0.15) is 0 Å². The predicted octanol–water partition coefficient (Wildman–Crippen LogP) is 1.82. The largest absolute Gasteiger partial charge is 0.379 e. The van der Waals surface area contributed by atoms with Crippen LogP contribution in [0.5, 0.6) is 0 Å². The van der Waals surface area contributed by atoms with E-state index in [0.717, 1.165) is 18.8 Å². The van der Waals surface area contributed by atoms with Crippen molar-refractivity contribution in [3.05, 3.63) is 0 Å². The van der Waals surface area contributed by atoms with Gasteiger partial charge in [-0.1, -0.05) is 12.8 Å². The minimum absolute atomic E-state index is 0.0152. The summed E-state index contributed by atoms with van der Waals surface area (Å²) < 4.78 is 5.38. The molecule has 3 N–H and O–H groups in total. The SMILES string of the molecule is COC(C)(C)CCC(CC1CC1)NN. The summed E-state index contributed by atoms with van der Waals surface area (Å²) >= 11 is 0. The number of methoxy groups -OCH3 is 1. The number of hydrogen-bond acceptors (Lipinski definition) is 3. The second-order valence-corrected chi connectivity index (χ2v) is 5.05. The molecule has 1 aliphatic carbocycles. The van der Waals surface area contributed by atoms with Crippen LogP contribution < -0.4 is 11.3 Å². The van der Waals surface area contributed by atoms with Crippen molar-refractivity contribution in [1.29, 1.82) is 0 Å². The molecule has 1 aliphatic rings. The van der Waals surface area contributed by atoms with Crippen molar-refractivity contribution in [1.82, 2.24) is 5.43 Å². The zero-order valence-electron chi connectivity index (χ0n) is 9.68. The topological polar surface area (TPSA) is 47.3 Å². The van der Waals surface area contributed by atoms with Crippen LogP contribution in [0.15, 0.2) is 0 Å². The lowest BCUT2D eigenvalue weighted by Gasteiger charge is -2.25. The van der Waals surface area contributed by atoms with Gasteiger partial charge in [0.15, 0.2) is 0 Å². The van der Waals surface area contributed by atoms with E-state index in [1.165, 1.54) is 19.3 Å². The molecule has 1 fully saturated rings. The highest BCUT2D eigenvalue weighted by Gasteiger charge is 2.26. The highest BCUT2D eigenvalue weighted by Crippen LogP contribution is 2.34. The summed E-state index contributed by atoms with van der Waals surface area (Å²) in [5.41, 5.74) is 2.90. The molecule has 14 heavy (non-hydrogen) atoms. The maximum Gasteiger partial charge on any atom is 0.0623 e. The Hall–Kier alpha value is -0.120. The van der Waals surface area contributed by atoms with Crippen molar-refractivity contribution in [2.24, 2.45) is 11.8 Å². The van der Waals surface area contributed by atoms with Gasteiger partial charge < -0.3 is 4.74 Å². The molecule has 0 radical (unpaired) electrons. The lowest BCUT2D eigenvalue weighted by atomic mass is 9.96. The zero-order chi connectivity index (χ0) is 10.6. The van der Waals surface area contributed by atoms with Gasteiger partial charge in [-0.25, -0.2) is 0 Å². The molecule has 1 saturated carbocycles. The molecule has 0 aromatic rings. The van der Waals surface area contributed by atoms with Crippen LogP contribution in [0.3, 0.4) is 0 Å². The highest BCUT2D eigenvalue weighted by atomic mass is 16.5. The Morgan fingerprint density at radius 2 is 2.14 bits per heavy atom. The maximum absolute atomic E-state index is 5.53. The van der Waals surface area contributed by atoms with E-state index in [4.69, 9.17) is 10.6 Å². The fraction of sp³-hybridized carbons (Fsp3) is 1.00. The molecule has 3 heteroatoms. The summed E-state index contributed by atoms with van der Waals surface area (Å²) in [6, 6.07) is 0.469. The maximum atomic E-state index is 5.53. The summed E-state index contributed by atoms with van der Waals surface area (Å²) in [6.07, 6.45) is 6.19. The summed E-state index contributed by atoms with van der Waals surface area (Å²) in [6.45, 7) is 4.25. The van der Waals surface area contributed by atoms with Gasteiger partial charge in [-0.15, -0.1) is 0 Å². The highest BCUT2D eigenvalue weighted by molar-refractivity contribution is 4.81. The van der Waals surface area contributed by atoms with E-state index in [9.17, 15) is 0 Å². The van der Waals surface area contributed by atoms with Gasteiger partial charge in [0.2, 0.25) is 0 Å². The molecule has 0 amide bonds. The molecule has 0 aromatic heterocycles. The second-order valence-electron chi connectivity index (χ2n) is 5.05. The van der Waals surface area contributed by atoms with Gasteiger partial charge in [0, 0.05) is 13.2 Å². The second kappa shape index (κ2) is 5.10. The molecular formula is C11H24N2O. The first kappa shape index (κ1) is 12.0. The Kier molecular flexibility index (Phi) is 4.35. The Labute approximate surface area is 87.4 Å². The number of rotatable bonds is 7. The third-order valence-electron chi connectivity index (χ3n) is 3.20. The van der Waals surface area contributed by atoms with Crippen LogP contribution in [0.25, 0.3) is 0 Å². The molecule has 84 valence electrons. The number of hydrazine groups is 1. The van der Waals surface area contributed by atoms with Crippen molar-refractivity contribution in [2.75, 3.05) is 7.11 Å². The first-order chi connectivity index (χ1) is 6.57. The lowest BCUT2D eigenvalue weighted by molar-refractivity contribution is 0.0114. The van der Waals surface area contributed by atoms with Crippen LogP contribution in [-0.4, -0.2) is 18.8 Å². The summed E-state index contributed by atoms with van der Waals surface area (Å²) in [4.78, 5) is 0. The summed E-state index contributed by atoms with van der Waals surface area (Å²) in [5, 5.41) is 0. The molecule has 0 aromatic carbocycles. The fourth-order valence-electron chi connectivity index (χ4n) is 1.65. The Morgan fingerprint density at radius 3 is 2.57 bits per heavy atom. The third-order valence-corrected chi connectivity index (χ3v) is 3.20. The number of nitrogens with two attached hydrogens (primary N) is 1.